The van der Waals surface area contributed by atoms with Crippen LogP contribution in [0.1, 0.15) is 21.5 Å². The molecule has 0 aliphatic heterocycles. The second kappa shape index (κ2) is 4.59. The molecule has 0 aliphatic rings. The van der Waals surface area contributed by atoms with Crippen LogP contribution in [0.4, 0.5) is 0 Å². The first-order valence-electron chi connectivity index (χ1n) is 6.39. The van der Waals surface area contributed by atoms with Crippen LogP contribution < -0.4 is 5.56 Å². The van der Waals surface area contributed by atoms with Gasteiger partial charge in [-0.25, -0.2) is 9.78 Å². The number of carboxylic acids is 1. The second-order valence-electron chi connectivity index (χ2n) is 4.98. The van der Waals surface area contributed by atoms with Crippen molar-refractivity contribution in [2.45, 2.75) is 13.8 Å². The summed E-state index contributed by atoms with van der Waals surface area (Å²) in [5.41, 5.74) is 3.18. The number of rotatable bonds is 2. The van der Waals surface area contributed by atoms with Crippen molar-refractivity contribution in [1.82, 2.24) is 15.2 Å². The maximum atomic E-state index is 11.7. The van der Waals surface area contributed by atoms with Crippen molar-refractivity contribution in [2.24, 2.45) is 0 Å². The molecule has 0 unspecified atom stereocenters. The summed E-state index contributed by atoms with van der Waals surface area (Å²) in [6.45, 7) is 3.92. The lowest BCUT2D eigenvalue weighted by atomic mass is 10.0. The van der Waals surface area contributed by atoms with Crippen LogP contribution in [0.2, 0.25) is 0 Å². The Morgan fingerprint density at radius 1 is 1.19 bits per heavy atom. The fourth-order valence-corrected chi connectivity index (χ4v) is 2.45. The summed E-state index contributed by atoms with van der Waals surface area (Å²) in [6, 6.07) is 7.27. The fraction of sp³-hybridized carbons (Fsp3) is 0.133. The summed E-state index contributed by atoms with van der Waals surface area (Å²) in [4.78, 5) is 27.4. The first-order valence-corrected chi connectivity index (χ1v) is 6.39. The molecule has 0 saturated heterocycles. The monoisotopic (exact) mass is 283 g/mol. The molecule has 0 spiro atoms. The second-order valence-corrected chi connectivity index (χ2v) is 4.98. The van der Waals surface area contributed by atoms with E-state index in [1.165, 1.54) is 6.07 Å². The minimum absolute atomic E-state index is 0.0579. The first kappa shape index (κ1) is 13.1. The van der Waals surface area contributed by atoms with E-state index in [9.17, 15) is 14.7 Å². The maximum absolute atomic E-state index is 11.7. The van der Waals surface area contributed by atoms with E-state index in [1.807, 2.05) is 32.0 Å². The first-order chi connectivity index (χ1) is 9.97. The highest BCUT2D eigenvalue weighted by Crippen LogP contribution is 2.25. The molecule has 106 valence electrons. The van der Waals surface area contributed by atoms with E-state index >= 15 is 0 Å². The summed E-state index contributed by atoms with van der Waals surface area (Å²) in [7, 11) is 0. The molecule has 0 fully saturated rings. The molecule has 0 saturated carbocycles. The van der Waals surface area contributed by atoms with Gasteiger partial charge >= 0.3 is 5.97 Å². The van der Waals surface area contributed by atoms with Crippen molar-refractivity contribution in [1.29, 1.82) is 0 Å². The minimum Gasteiger partial charge on any atom is -0.478 e. The van der Waals surface area contributed by atoms with Crippen molar-refractivity contribution in [2.75, 3.05) is 0 Å². The van der Waals surface area contributed by atoms with E-state index in [4.69, 9.17) is 0 Å². The smallest absolute Gasteiger partial charge is 0.336 e. The van der Waals surface area contributed by atoms with Crippen LogP contribution in [0.15, 0.2) is 29.1 Å². The number of aryl methyl sites for hydroxylation is 2. The molecular formula is C15H13N3O3. The summed E-state index contributed by atoms with van der Waals surface area (Å²) in [6.07, 6.45) is 0. The number of carbonyl (C=O) groups is 1. The van der Waals surface area contributed by atoms with Gasteiger partial charge in [0, 0.05) is 5.56 Å². The Hall–Kier alpha value is -2.89. The lowest BCUT2D eigenvalue weighted by Gasteiger charge is -2.07. The van der Waals surface area contributed by atoms with Crippen LogP contribution in [0.3, 0.4) is 0 Å². The number of pyridine rings is 1. The van der Waals surface area contributed by atoms with Crippen molar-refractivity contribution < 1.29 is 9.90 Å². The summed E-state index contributed by atoms with van der Waals surface area (Å²) >= 11 is 0. The zero-order valence-electron chi connectivity index (χ0n) is 11.5. The molecular weight excluding hydrogens is 270 g/mol. The molecule has 2 aromatic heterocycles. The zero-order valence-corrected chi connectivity index (χ0v) is 11.5. The van der Waals surface area contributed by atoms with Gasteiger partial charge < -0.3 is 5.11 Å². The molecule has 0 radical (unpaired) electrons. The molecule has 3 rings (SSSR count). The van der Waals surface area contributed by atoms with Crippen LogP contribution >= 0.6 is 0 Å². The zero-order chi connectivity index (χ0) is 15.1. The highest BCUT2D eigenvalue weighted by atomic mass is 16.4. The predicted octanol–water partition coefficient (Wildman–Crippen LogP) is 2.23. The van der Waals surface area contributed by atoms with Crippen molar-refractivity contribution in [3.63, 3.8) is 0 Å². The number of nitrogens with one attached hydrogen (secondary N) is 2. The van der Waals surface area contributed by atoms with Crippen molar-refractivity contribution >= 4 is 17.0 Å². The summed E-state index contributed by atoms with van der Waals surface area (Å²) < 4.78 is 0. The molecule has 6 heteroatoms. The summed E-state index contributed by atoms with van der Waals surface area (Å²) in [5.74, 6) is -1.15. The number of H-pyrrole nitrogens is 2. The topological polar surface area (TPSA) is 98.8 Å². The number of benzene rings is 1. The highest BCUT2D eigenvalue weighted by Gasteiger charge is 2.17. The summed E-state index contributed by atoms with van der Waals surface area (Å²) in [5, 5.41) is 14.4. The van der Waals surface area contributed by atoms with Crippen molar-refractivity contribution in [3.8, 4) is 11.3 Å². The average molecular weight is 283 g/mol. The lowest BCUT2D eigenvalue weighted by molar-refractivity contribution is 0.0699. The third-order valence-corrected chi connectivity index (χ3v) is 3.43. The third kappa shape index (κ3) is 2.10. The molecule has 0 aliphatic carbocycles. The quantitative estimate of drug-likeness (QED) is 0.671. The number of fused-ring (bicyclic) bond motifs is 1. The van der Waals surface area contributed by atoms with Gasteiger partial charge in [0.15, 0.2) is 5.65 Å². The van der Waals surface area contributed by atoms with E-state index in [2.05, 4.69) is 15.2 Å². The molecule has 21 heavy (non-hydrogen) atoms. The molecule has 0 atom stereocenters. The maximum Gasteiger partial charge on any atom is 0.336 e. The van der Waals surface area contributed by atoms with E-state index in [1.54, 1.807) is 0 Å². The van der Waals surface area contributed by atoms with Crippen LogP contribution in [0.5, 0.6) is 0 Å². The third-order valence-electron chi connectivity index (χ3n) is 3.43. The van der Waals surface area contributed by atoms with Crippen LogP contribution in [-0.2, 0) is 0 Å². The van der Waals surface area contributed by atoms with Crippen LogP contribution in [0, 0.1) is 13.8 Å². The lowest BCUT2D eigenvalue weighted by Crippen LogP contribution is -2.06. The highest BCUT2D eigenvalue weighted by molar-refractivity contribution is 6.02. The van der Waals surface area contributed by atoms with Gasteiger partial charge in [-0.1, -0.05) is 23.8 Å². The van der Waals surface area contributed by atoms with Gasteiger partial charge in [-0.2, -0.15) is 0 Å². The number of aromatic amines is 2. The van der Waals surface area contributed by atoms with E-state index in [0.717, 1.165) is 16.7 Å². The standard InChI is InChI=1S/C15H13N3O3/c1-7-3-4-9(8(2)5-7)11-6-10(15(20)21)12-13(16-11)17-18-14(12)19/h3-6H,1-2H3,(H,20,21)(H2,16,17,18,19). The van der Waals surface area contributed by atoms with Gasteiger partial charge in [0.25, 0.3) is 5.56 Å². The van der Waals surface area contributed by atoms with E-state index in [-0.39, 0.29) is 16.6 Å². The number of hydrogen-bond acceptors (Lipinski definition) is 3. The number of carboxylic acid groups (broad SMARTS) is 1. The number of aromatic carboxylic acids is 1. The fourth-order valence-electron chi connectivity index (χ4n) is 2.45. The SMILES string of the molecule is Cc1ccc(-c2cc(C(=O)O)c3c(=O)[nH][nH]c3n2)c(C)c1. The average Bonchev–Trinajstić information content (AvgIpc) is 2.79. The van der Waals surface area contributed by atoms with Gasteiger partial charge in [0.05, 0.1) is 16.6 Å². The molecule has 0 amide bonds. The Bertz CT molecular complexity index is 922. The Morgan fingerprint density at radius 2 is 1.95 bits per heavy atom. The van der Waals surface area contributed by atoms with E-state index in [0.29, 0.717) is 5.69 Å². The molecule has 6 nitrogen and oxygen atoms in total. The van der Waals surface area contributed by atoms with Gasteiger partial charge in [0.1, 0.15) is 0 Å². The normalized spacial score (nSPS) is 11.0. The molecule has 3 N–H and O–H groups in total. The molecule has 1 aromatic carbocycles. The Morgan fingerprint density at radius 3 is 2.62 bits per heavy atom. The van der Waals surface area contributed by atoms with Gasteiger partial charge in [-0.3, -0.25) is 15.0 Å². The van der Waals surface area contributed by atoms with Crippen molar-refractivity contribution in [3.05, 3.63) is 51.3 Å². The number of aromatic nitrogens is 3. The number of hydrogen-bond donors (Lipinski definition) is 3. The Balaban J connectivity index is 2.34. The van der Waals surface area contributed by atoms with Gasteiger partial charge in [-0.15, -0.1) is 0 Å². The van der Waals surface area contributed by atoms with Crippen LogP contribution in [0.25, 0.3) is 22.3 Å². The molecule has 2 heterocycles. The molecule has 0 bridgehead atoms. The molecule has 3 aromatic rings. The Labute approximate surface area is 119 Å². The van der Waals surface area contributed by atoms with E-state index < -0.39 is 11.5 Å². The number of nitrogens with zero attached hydrogens (tertiary/aromatic N) is 1. The van der Waals surface area contributed by atoms with Gasteiger partial charge in [0.2, 0.25) is 0 Å². The minimum atomic E-state index is -1.15. The predicted molar refractivity (Wildman–Crippen MR) is 78.6 cm³/mol. The van der Waals surface area contributed by atoms with Gasteiger partial charge in [-0.05, 0) is 25.5 Å². The van der Waals surface area contributed by atoms with Crippen LogP contribution in [-0.4, -0.2) is 26.3 Å². The largest absolute Gasteiger partial charge is 0.478 e. The Kier molecular flexibility index (Phi) is 2.86.